The third-order valence-corrected chi connectivity index (χ3v) is 5.82. The SMILES string of the molecule is O=C(NC1CCCCCC1)c1ccnc(N2CCN(c3ccc(F)cc3)CC2)n1. The van der Waals surface area contributed by atoms with E-state index < -0.39 is 0 Å². The van der Waals surface area contributed by atoms with Crippen LogP contribution in [-0.2, 0) is 0 Å². The molecule has 6 nitrogen and oxygen atoms in total. The summed E-state index contributed by atoms with van der Waals surface area (Å²) in [5, 5.41) is 3.15. The van der Waals surface area contributed by atoms with E-state index in [0.717, 1.165) is 44.7 Å². The molecule has 0 spiro atoms. The van der Waals surface area contributed by atoms with Crippen LogP contribution in [-0.4, -0.2) is 48.1 Å². The fraction of sp³-hybridized carbons (Fsp3) is 0.500. The highest BCUT2D eigenvalue weighted by Crippen LogP contribution is 2.20. The van der Waals surface area contributed by atoms with Gasteiger partial charge in [0.05, 0.1) is 0 Å². The van der Waals surface area contributed by atoms with Crippen molar-refractivity contribution >= 4 is 17.5 Å². The zero-order valence-electron chi connectivity index (χ0n) is 16.7. The lowest BCUT2D eigenvalue weighted by atomic mass is 10.1. The molecule has 1 aliphatic carbocycles. The highest BCUT2D eigenvalue weighted by Gasteiger charge is 2.21. The second-order valence-corrected chi connectivity index (χ2v) is 7.85. The summed E-state index contributed by atoms with van der Waals surface area (Å²) in [5.74, 6) is 0.266. The zero-order valence-corrected chi connectivity index (χ0v) is 16.7. The number of aromatic nitrogens is 2. The average molecular weight is 397 g/mol. The van der Waals surface area contributed by atoms with E-state index in [4.69, 9.17) is 0 Å². The Labute approximate surface area is 171 Å². The largest absolute Gasteiger partial charge is 0.368 e. The molecular weight excluding hydrogens is 369 g/mol. The van der Waals surface area contributed by atoms with E-state index in [1.165, 1.54) is 37.8 Å². The Kier molecular flexibility index (Phi) is 6.22. The molecule has 2 aromatic rings. The monoisotopic (exact) mass is 397 g/mol. The third-order valence-electron chi connectivity index (χ3n) is 5.82. The summed E-state index contributed by atoms with van der Waals surface area (Å²) in [6, 6.07) is 8.52. The molecule has 4 rings (SSSR count). The molecule has 7 heteroatoms. The number of anilines is 2. The van der Waals surface area contributed by atoms with Gasteiger partial charge in [-0.3, -0.25) is 4.79 Å². The first-order valence-electron chi connectivity index (χ1n) is 10.6. The molecule has 1 saturated heterocycles. The smallest absolute Gasteiger partial charge is 0.270 e. The summed E-state index contributed by atoms with van der Waals surface area (Å²) in [5.41, 5.74) is 1.45. The molecule has 29 heavy (non-hydrogen) atoms. The van der Waals surface area contributed by atoms with E-state index in [2.05, 4.69) is 25.1 Å². The van der Waals surface area contributed by atoms with Gasteiger partial charge in [-0.2, -0.15) is 0 Å². The maximum Gasteiger partial charge on any atom is 0.270 e. The maximum absolute atomic E-state index is 13.1. The summed E-state index contributed by atoms with van der Waals surface area (Å²) in [6.45, 7) is 3.11. The number of halogens is 1. The first-order chi connectivity index (χ1) is 14.2. The molecule has 1 aromatic heterocycles. The predicted molar refractivity (Wildman–Crippen MR) is 112 cm³/mol. The van der Waals surface area contributed by atoms with E-state index in [0.29, 0.717) is 11.6 Å². The number of rotatable bonds is 4. The fourth-order valence-electron chi connectivity index (χ4n) is 4.13. The van der Waals surface area contributed by atoms with Crippen LogP contribution in [0, 0.1) is 5.82 Å². The van der Waals surface area contributed by atoms with Gasteiger partial charge < -0.3 is 15.1 Å². The van der Waals surface area contributed by atoms with E-state index in [9.17, 15) is 9.18 Å². The molecule has 1 aromatic carbocycles. The highest BCUT2D eigenvalue weighted by molar-refractivity contribution is 5.92. The van der Waals surface area contributed by atoms with Gasteiger partial charge in [0.15, 0.2) is 0 Å². The molecule has 2 heterocycles. The van der Waals surface area contributed by atoms with Gasteiger partial charge in [-0.05, 0) is 43.2 Å². The normalized spacial score (nSPS) is 18.4. The van der Waals surface area contributed by atoms with Crippen LogP contribution < -0.4 is 15.1 Å². The third kappa shape index (κ3) is 5.02. The Hall–Kier alpha value is -2.70. The van der Waals surface area contributed by atoms with Gasteiger partial charge in [0, 0.05) is 44.1 Å². The van der Waals surface area contributed by atoms with Crippen molar-refractivity contribution in [2.75, 3.05) is 36.0 Å². The molecule has 1 amide bonds. The lowest BCUT2D eigenvalue weighted by molar-refractivity contribution is 0.0928. The minimum absolute atomic E-state index is 0.106. The lowest BCUT2D eigenvalue weighted by Crippen LogP contribution is -2.47. The summed E-state index contributed by atoms with van der Waals surface area (Å²) in [4.78, 5) is 25.9. The van der Waals surface area contributed by atoms with E-state index >= 15 is 0 Å². The number of benzene rings is 1. The van der Waals surface area contributed by atoms with Gasteiger partial charge in [-0.15, -0.1) is 0 Å². The van der Waals surface area contributed by atoms with Crippen LogP contribution >= 0.6 is 0 Å². The summed E-state index contributed by atoms with van der Waals surface area (Å²) >= 11 is 0. The number of carbonyl (C=O) groups is 1. The van der Waals surface area contributed by atoms with Gasteiger partial charge in [-0.1, -0.05) is 25.7 Å². The van der Waals surface area contributed by atoms with E-state index in [1.807, 2.05) is 0 Å². The van der Waals surface area contributed by atoms with Crippen molar-refractivity contribution in [3.63, 3.8) is 0 Å². The van der Waals surface area contributed by atoms with Crippen LogP contribution in [0.25, 0.3) is 0 Å². The van der Waals surface area contributed by atoms with E-state index in [1.54, 1.807) is 24.4 Å². The second-order valence-electron chi connectivity index (χ2n) is 7.85. The lowest BCUT2D eigenvalue weighted by Gasteiger charge is -2.36. The average Bonchev–Trinajstić information content (AvgIpc) is 3.03. The van der Waals surface area contributed by atoms with Gasteiger partial charge in [0.1, 0.15) is 11.5 Å². The Bertz CT molecular complexity index is 812. The first kappa shape index (κ1) is 19.6. The van der Waals surface area contributed by atoms with Crippen LogP contribution in [0.1, 0.15) is 49.0 Å². The fourth-order valence-corrected chi connectivity index (χ4v) is 4.13. The van der Waals surface area contributed by atoms with Crippen LogP contribution in [0.4, 0.5) is 16.0 Å². The highest BCUT2D eigenvalue weighted by atomic mass is 19.1. The summed E-state index contributed by atoms with van der Waals surface area (Å²) in [6.07, 6.45) is 8.64. The summed E-state index contributed by atoms with van der Waals surface area (Å²) < 4.78 is 13.1. The molecule has 0 atom stereocenters. The number of piperazine rings is 1. The first-order valence-corrected chi connectivity index (χ1v) is 10.6. The van der Waals surface area contributed by atoms with Gasteiger partial charge >= 0.3 is 0 Å². The Morgan fingerprint density at radius 3 is 2.28 bits per heavy atom. The number of amides is 1. The quantitative estimate of drug-likeness (QED) is 0.802. The molecule has 0 radical (unpaired) electrons. The zero-order chi connectivity index (χ0) is 20.1. The Morgan fingerprint density at radius 1 is 0.931 bits per heavy atom. The second kappa shape index (κ2) is 9.20. The molecule has 1 saturated carbocycles. The standard InChI is InChI=1S/C22H28FN5O/c23-17-7-9-19(10-8-17)27-13-15-28(16-14-27)22-24-12-11-20(26-22)21(29)25-18-5-3-1-2-4-6-18/h7-12,18H,1-6,13-16H2,(H,25,29). The van der Waals surface area contributed by atoms with Crippen molar-refractivity contribution in [3.05, 3.63) is 48.0 Å². The minimum atomic E-state index is -0.222. The van der Waals surface area contributed by atoms with Crippen molar-refractivity contribution in [1.29, 1.82) is 0 Å². The number of hydrogen-bond acceptors (Lipinski definition) is 5. The molecule has 0 unspecified atom stereocenters. The molecule has 154 valence electrons. The van der Waals surface area contributed by atoms with Crippen molar-refractivity contribution in [3.8, 4) is 0 Å². The Morgan fingerprint density at radius 2 is 1.59 bits per heavy atom. The number of carbonyl (C=O) groups excluding carboxylic acids is 1. The maximum atomic E-state index is 13.1. The molecule has 0 bridgehead atoms. The summed E-state index contributed by atoms with van der Waals surface area (Å²) in [7, 11) is 0. The Balaban J connectivity index is 1.36. The van der Waals surface area contributed by atoms with Crippen molar-refractivity contribution in [2.24, 2.45) is 0 Å². The molecular formula is C22H28FN5O. The van der Waals surface area contributed by atoms with Crippen LogP contribution in [0.3, 0.4) is 0 Å². The van der Waals surface area contributed by atoms with Crippen LogP contribution in [0.2, 0.25) is 0 Å². The molecule has 2 fully saturated rings. The van der Waals surface area contributed by atoms with Crippen molar-refractivity contribution in [1.82, 2.24) is 15.3 Å². The van der Waals surface area contributed by atoms with Gasteiger partial charge in [0.2, 0.25) is 5.95 Å². The predicted octanol–water partition coefficient (Wildman–Crippen LogP) is 3.39. The molecule has 1 N–H and O–H groups in total. The minimum Gasteiger partial charge on any atom is -0.368 e. The van der Waals surface area contributed by atoms with Crippen LogP contribution in [0.15, 0.2) is 36.5 Å². The van der Waals surface area contributed by atoms with Gasteiger partial charge in [-0.25, -0.2) is 14.4 Å². The number of nitrogens with one attached hydrogen (secondary N) is 1. The van der Waals surface area contributed by atoms with Crippen molar-refractivity contribution in [2.45, 2.75) is 44.6 Å². The number of nitrogens with zero attached hydrogens (tertiary/aromatic N) is 4. The molecule has 2 aliphatic rings. The topological polar surface area (TPSA) is 61.4 Å². The van der Waals surface area contributed by atoms with Gasteiger partial charge in [0.25, 0.3) is 5.91 Å². The molecule has 1 aliphatic heterocycles. The van der Waals surface area contributed by atoms with Crippen molar-refractivity contribution < 1.29 is 9.18 Å². The van der Waals surface area contributed by atoms with Crippen LogP contribution in [0.5, 0.6) is 0 Å². The van der Waals surface area contributed by atoms with E-state index in [-0.39, 0.29) is 17.8 Å². The number of hydrogen-bond donors (Lipinski definition) is 1.